The molecule has 3 aromatic carbocycles. The van der Waals surface area contributed by atoms with Crippen LogP contribution < -0.4 is 0 Å². The molecule has 41 heavy (non-hydrogen) atoms. The number of rotatable bonds is 12. The van der Waals surface area contributed by atoms with Crippen molar-refractivity contribution in [1.82, 2.24) is 0 Å². The molecule has 0 unspecified atom stereocenters. The predicted octanol–water partition coefficient (Wildman–Crippen LogP) is 4.36. The Bertz CT molecular complexity index is 1280. The van der Waals surface area contributed by atoms with Crippen LogP contribution in [0.2, 0.25) is 0 Å². The van der Waals surface area contributed by atoms with E-state index in [9.17, 15) is 19.5 Å². The summed E-state index contributed by atoms with van der Waals surface area (Å²) in [6.45, 7) is 3.30. The van der Waals surface area contributed by atoms with Gasteiger partial charge in [0, 0.05) is 0 Å². The van der Waals surface area contributed by atoms with Crippen molar-refractivity contribution in [3.8, 4) is 0 Å². The van der Waals surface area contributed by atoms with Crippen LogP contribution in [0.25, 0.3) is 0 Å². The molecule has 1 N–H and O–H groups in total. The van der Waals surface area contributed by atoms with Crippen molar-refractivity contribution in [3.05, 3.63) is 120 Å². The number of unbranched alkanes of at least 4 members (excludes halogenated alkanes) is 1. The molecule has 5 atom stereocenters. The first-order valence-electron chi connectivity index (χ1n) is 13.3. The zero-order valence-corrected chi connectivity index (χ0v) is 22.4. The lowest BCUT2D eigenvalue weighted by Crippen LogP contribution is -2.63. The third-order valence-corrected chi connectivity index (χ3v) is 6.36. The van der Waals surface area contributed by atoms with Gasteiger partial charge in [-0.05, 0) is 49.2 Å². The van der Waals surface area contributed by atoms with Gasteiger partial charge in [-0.25, -0.2) is 14.4 Å². The molecule has 4 rings (SSSR count). The Morgan fingerprint density at radius 1 is 0.707 bits per heavy atom. The van der Waals surface area contributed by atoms with E-state index in [-0.39, 0.29) is 23.3 Å². The molecule has 0 spiro atoms. The van der Waals surface area contributed by atoms with Crippen LogP contribution in [0.4, 0.5) is 0 Å². The topological polar surface area (TPSA) is 118 Å². The molecule has 3 aromatic rings. The van der Waals surface area contributed by atoms with Crippen molar-refractivity contribution in [2.24, 2.45) is 0 Å². The SMILES string of the molecule is C=CCCCO[C@@H]1O[C@H](CO)[C@@H](OC(=O)c2ccccc2)[C@H](OC(=O)c2ccccc2)[C@@H]1OC(=O)c1ccccc1. The minimum atomic E-state index is -1.39. The molecule has 214 valence electrons. The van der Waals surface area contributed by atoms with Crippen molar-refractivity contribution in [3.63, 3.8) is 0 Å². The Balaban J connectivity index is 1.70. The lowest BCUT2D eigenvalue weighted by molar-refractivity contribution is -0.298. The number of hydrogen-bond donors (Lipinski definition) is 1. The van der Waals surface area contributed by atoms with E-state index in [1.807, 2.05) is 0 Å². The fourth-order valence-electron chi connectivity index (χ4n) is 4.29. The Kier molecular flexibility index (Phi) is 10.8. The molecule has 0 radical (unpaired) electrons. The first-order valence-corrected chi connectivity index (χ1v) is 13.3. The second kappa shape index (κ2) is 14.9. The second-order valence-corrected chi connectivity index (χ2v) is 9.24. The molecule has 1 fully saturated rings. The van der Waals surface area contributed by atoms with Gasteiger partial charge >= 0.3 is 17.9 Å². The highest BCUT2D eigenvalue weighted by Crippen LogP contribution is 2.31. The van der Waals surface area contributed by atoms with E-state index in [1.54, 1.807) is 97.1 Å². The first-order chi connectivity index (χ1) is 20.0. The summed E-state index contributed by atoms with van der Waals surface area (Å²) in [6.07, 6.45) is -3.51. The van der Waals surface area contributed by atoms with Gasteiger partial charge < -0.3 is 28.8 Å². The quantitative estimate of drug-likeness (QED) is 0.149. The largest absolute Gasteiger partial charge is 0.452 e. The van der Waals surface area contributed by atoms with Crippen LogP contribution in [-0.4, -0.2) is 66.9 Å². The highest BCUT2D eigenvalue weighted by atomic mass is 16.7. The van der Waals surface area contributed by atoms with Crippen LogP contribution in [0.15, 0.2) is 104 Å². The lowest BCUT2D eigenvalue weighted by atomic mass is 9.97. The van der Waals surface area contributed by atoms with Gasteiger partial charge in [-0.1, -0.05) is 60.7 Å². The highest BCUT2D eigenvalue weighted by molar-refractivity contribution is 5.91. The molecule has 1 heterocycles. The number of hydrogen-bond acceptors (Lipinski definition) is 9. The van der Waals surface area contributed by atoms with Crippen molar-refractivity contribution in [2.75, 3.05) is 13.2 Å². The summed E-state index contributed by atoms with van der Waals surface area (Å²) < 4.78 is 29.4. The summed E-state index contributed by atoms with van der Waals surface area (Å²) in [6, 6.07) is 24.6. The molecule has 1 aliphatic rings. The third kappa shape index (κ3) is 7.88. The van der Waals surface area contributed by atoms with Crippen LogP contribution >= 0.6 is 0 Å². The average molecular weight is 561 g/mol. The lowest BCUT2D eigenvalue weighted by Gasteiger charge is -2.44. The standard InChI is InChI=1S/C32H32O9/c1-2-3-13-20-37-32-28(41-31(36)24-18-11-6-12-19-24)27(40-30(35)23-16-9-5-10-17-23)26(25(21-33)38-32)39-29(34)22-14-7-4-8-15-22/h2,4-12,14-19,25-28,32-33H,1,3,13,20-21H2/t25-,26-,27+,28+,32-/m1/s1. The molecule has 0 saturated carbocycles. The van der Waals surface area contributed by atoms with Crippen molar-refractivity contribution in [2.45, 2.75) is 43.5 Å². The van der Waals surface area contributed by atoms with Crippen LogP contribution in [-0.2, 0) is 23.7 Å². The normalized spacial score (nSPS) is 21.8. The first kappa shape index (κ1) is 29.7. The number of ether oxygens (including phenoxy) is 5. The van der Waals surface area contributed by atoms with Crippen LogP contribution in [0, 0.1) is 0 Å². The number of aliphatic hydroxyl groups is 1. The Labute approximate surface area is 238 Å². The molecule has 0 amide bonds. The summed E-state index contributed by atoms with van der Waals surface area (Å²) >= 11 is 0. The minimum Gasteiger partial charge on any atom is -0.452 e. The van der Waals surface area contributed by atoms with Gasteiger partial charge in [-0.15, -0.1) is 6.58 Å². The molecule has 0 bridgehead atoms. The van der Waals surface area contributed by atoms with Crippen LogP contribution in [0.1, 0.15) is 43.9 Å². The molecular weight excluding hydrogens is 528 g/mol. The van der Waals surface area contributed by atoms with Crippen molar-refractivity contribution >= 4 is 17.9 Å². The monoisotopic (exact) mass is 560 g/mol. The summed E-state index contributed by atoms with van der Waals surface area (Å²) in [4.78, 5) is 39.6. The summed E-state index contributed by atoms with van der Waals surface area (Å²) in [7, 11) is 0. The van der Waals surface area contributed by atoms with Crippen LogP contribution in [0.3, 0.4) is 0 Å². The highest BCUT2D eigenvalue weighted by Gasteiger charge is 2.53. The van der Waals surface area contributed by atoms with E-state index in [1.165, 1.54) is 0 Å². The Hall–Kier alpha value is -4.31. The van der Waals surface area contributed by atoms with E-state index in [2.05, 4.69) is 6.58 Å². The fraction of sp³-hybridized carbons (Fsp3) is 0.281. The maximum absolute atomic E-state index is 13.3. The number of benzene rings is 3. The minimum absolute atomic E-state index is 0.196. The van der Waals surface area contributed by atoms with Crippen molar-refractivity contribution in [1.29, 1.82) is 0 Å². The van der Waals surface area contributed by atoms with E-state index in [0.29, 0.717) is 12.8 Å². The number of aliphatic hydroxyl groups excluding tert-OH is 1. The van der Waals surface area contributed by atoms with Gasteiger partial charge in [-0.2, -0.15) is 0 Å². The number of carbonyl (C=O) groups is 3. The second-order valence-electron chi connectivity index (χ2n) is 9.24. The maximum Gasteiger partial charge on any atom is 0.338 e. The van der Waals surface area contributed by atoms with Crippen molar-refractivity contribution < 1.29 is 43.2 Å². The average Bonchev–Trinajstić information content (AvgIpc) is 3.02. The zero-order chi connectivity index (χ0) is 29.0. The van der Waals surface area contributed by atoms with Gasteiger partial charge in [0.1, 0.15) is 6.10 Å². The zero-order valence-electron chi connectivity index (χ0n) is 22.4. The summed E-state index contributed by atoms with van der Waals surface area (Å²) in [5.74, 6) is -2.21. The van der Waals surface area contributed by atoms with Gasteiger partial charge in [-0.3, -0.25) is 0 Å². The van der Waals surface area contributed by atoms with E-state index >= 15 is 0 Å². The molecule has 9 heteroatoms. The van der Waals surface area contributed by atoms with E-state index < -0.39 is 55.2 Å². The molecule has 1 saturated heterocycles. The van der Waals surface area contributed by atoms with Crippen LogP contribution in [0.5, 0.6) is 0 Å². The smallest absolute Gasteiger partial charge is 0.338 e. The predicted molar refractivity (Wildman–Crippen MR) is 148 cm³/mol. The van der Waals surface area contributed by atoms with Gasteiger partial charge in [0.25, 0.3) is 0 Å². The molecular formula is C32H32O9. The Morgan fingerprint density at radius 2 is 1.15 bits per heavy atom. The molecule has 0 aromatic heterocycles. The number of esters is 3. The molecule has 0 aliphatic carbocycles. The van der Waals surface area contributed by atoms with E-state index in [0.717, 1.165) is 0 Å². The third-order valence-electron chi connectivity index (χ3n) is 6.36. The number of allylic oxidation sites excluding steroid dienone is 1. The molecule has 1 aliphatic heterocycles. The fourth-order valence-corrected chi connectivity index (χ4v) is 4.29. The summed E-state index contributed by atoms with van der Waals surface area (Å²) in [5.41, 5.74) is 0.704. The molecule has 9 nitrogen and oxygen atoms in total. The van der Waals surface area contributed by atoms with E-state index in [4.69, 9.17) is 23.7 Å². The maximum atomic E-state index is 13.3. The van der Waals surface area contributed by atoms with Gasteiger partial charge in [0.15, 0.2) is 24.6 Å². The van der Waals surface area contributed by atoms with Gasteiger partial charge in [0.05, 0.1) is 29.9 Å². The summed E-state index contributed by atoms with van der Waals surface area (Å²) in [5, 5.41) is 10.3. The Morgan fingerprint density at radius 3 is 1.59 bits per heavy atom. The number of carbonyl (C=O) groups excluding carboxylic acids is 3. The van der Waals surface area contributed by atoms with Gasteiger partial charge in [0.2, 0.25) is 0 Å².